The Hall–Kier alpha value is -2.51. The van der Waals surface area contributed by atoms with Gasteiger partial charge < -0.3 is 4.52 Å². The smallest absolute Gasteiger partial charge is 0.241 e. The van der Waals surface area contributed by atoms with E-state index in [-0.39, 0.29) is 11.4 Å². The Bertz CT molecular complexity index is 996. The van der Waals surface area contributed by atoms with Crippen molar-refractivity contribution >= 4 is 10.0 Å². The van der Waals surface area contributed by atoms with Gasteiger partial charge >= 0.3 is 0 Å². The Morgan fingerprint density at radius 3 is 2.56 bits per heavy atom. The highest BCUT2D eigenvalue weighted by molar-refractivity contribution is 7.89. The molecule has 0 aliphatic heterocycles. The van der Waals surface area contributed by atoms with Crippen molar-refractivity contribution < 1.29 is 12.9 Å². The second-order valence-corrected chi connectivity index (χ2v) is 7.58. The van der Waals surface area contributed by atoms with Crippen LogP contribution in [-0.2, 0) is 16.6 Å². The molecule has 2 aromatic heterocycles. The third kappa shape index (κ3) is 3.62. The molecule has 130 valence electrons. The van der Waals surface area contributed by atoms with Crippen LogP contribution in [0.15, 0.2) is 52.0 Å². The fourth-order valence-electron chi connectivity index (χ4n) is 2.46. The summed E-state index contributed by atoms with van der Waals surface area (Å²) in [5, 5.41) is 3.93. The number of pyridine rings is 1. The summed E-state index contributed by atoms with van der Waals surface area (Å²) >= 11 is 0. The van der Waals surface area contributed by atoms with Crippen molar-refractivity contribution in [2.24, 2.45) is 0 Å². The minimum atomic E-state index is -3.68. The van der Waals surface area contributed by atoms with Crippen LogP contribution in [-0.4, -0.2) is 18.6 Å². The number of sulfonamides is 1. The molecule has 0 amide bonds. The lowest BCUT2D eigenvalue weighted by Gasteiger charge is -2.10. The van der Waals surface area contributed by atoms with Gasteiger partial charge in [-0.05, 0) is 44.5 Å². The second-order valence-electron chi connectivity index (χ2n) is 5.85. The summed E-state index contributed by atoms with van der Waals surface area (Å²) < 4.78 is 33.4. The third-order valence-corrected chi connectivity index (χ3v) is 5.61. The van der Waals surface area contributed by atoms with Crippen molar-refractivity contribution in [3.63, 3.8) is 0 Å². The van der Waals surface area contributed by atoms with Gasteiger partial charge in [0.05, 0.1) is 22.8 Å². The van der Waals surface area contributed by atoms with Crippen LogP contribution in [0, 0.1) is 20.8 Å². The summed E-state index contributed by atoms with van der Waals surface area (Å²) in [7, 11) is -3.68. The van der Waals surface area contributed by atoms with Gasteiger partial charge in [0.25, 0.3) is 0 Å². The lowest BCUT2D eigenvalue weighted by molar-refractivity contribution is 0.426. The molecule has 25 heavy (non-hydrogen) atoms. The normalized spacial score (nSPS) is 11.6. The van der Waals surface area contributed by atoms with Gasteiger partial charge in [-0.3, -0.25) is 4.98 Å². The fourth-order valence-corrected chi connectivity index (χ4v) is 3.73. The van der Waals surface area contributed by atoms with Gasteiger partial charge in [-0.2, -0.15) is 0 Å². The number of hydrogen-bond donors (Lipinski definition) is 1. The van der Waals surface area contributed by atoms with E-state index in [1.807, 2.05) is 26.0 Å². The van der Waals surface area contributed by atoms with Gasteiger partial charge in [0.15, 0.2) is 5.76 Å². The Morgan fingerprint density at radius 1 is 1.12 bits per heavy atom. The van der Waals surface area contributed by atoms with Gasteiger partial charge in [-0.25, -0.2) is 13.1 Å². The Kier molecular flexibility index (Phi) is 4.69. The molecule has 0 saturated heterocycles. The molecule has 0 radical (unpaired) electrons. The van der Waals surface area contributed by atoms with E-state index in [2.05, 4.69) is 14.9 Å². The van der Waals surface area contributed by atoms with Gasteiger partial charge in [0, 0.05) is 17.3 Å². The summed E-state index contributed by atoms with van der Waals surface area (Å²) in [6, 6.07) is 10.6. The molecule has 6 nitrogen and oxygen atoms in total. The summed E-state index contributed by atoms with van der Waals surface area (Å²) in [6.45, 7) is 5.64. The number of nitrogens with zero attached hydrogens (tertiary/aromatic N) is 2. The van der Waals surface area contributed by atoms with E-state index >= 15 is 0 Å². The van der Waals surface area contributed by atoms with Crippen LogP contribution in [0.25, 0.3) is 11.3 Å². The first-order valence-corrected chi connectivity index (χ1v) is 9.30. The average Bonchev–Trinajstić information content (AvgIpc) is 2.94. The van der Waals surface area contributed by atoms with Crippen LogP contribution in [0.3, 0.4) is 0 Å². The number of benzene rings is 1. The quantitative estimate of drug-likeness (QED) is 0.758. The lowest BCUT2D eigenvalue weighted by atomic mass is 10.1. The van der Waals surface area contributed by atoms with E-state index in [9.17, 15) is 8.42 Å². The second kappa shape index (κ2) is 6.78. The van der Waals surface area contributed by atoms with Crippen molar-refractivity contribution in [3.05, 3.63) is 65.1 Å². The number of aromatic nitrogens is 2. The van der Waals surface area contributed by atoms with Crippen molar-refractivity contribution in [1.29, 1.82) is 0 Å². The Balaban J connectivity index is 1.93. The van der Waals surface area contributed by atoms with Crippen molar-refractivity contribution in [3.8, 4) is 11.3 Å². The van der Waals surface area contributed by atoms with Crippen LogP contribution in [0.5, 0.6) is 0 Å². The predicted octanol–water partition coefficient (Wildman–Crippen LogP) is 3.14. The van der Waals surface area contributed by atoms with Crippen molar-refractivity contribution in [2.45, 2.75) is 32.2 Å². The molecule has 1 N–H and O–H groups in total. The molecule has 0 aliphatic rings. The number of aryl methyl sites for hydroxylation is 2. The van der Waals surface area contributed by atoms with Crippen LogP contribution < -0.4 is 4.72 Å². The van der Waals surface area contributed by atoms with Gasteiger partial charge in [0.1, 0.15) is 0 Å². The highest BCUT2D eigenvalue weighted by Crippen LogP contribution is 2.28. The largest absolute Gasteiger partial charge is 0.356 e. The number of rotatable bonds is 5. The highest BCUT2D eigenvalue weighted by Gasteiger charge is 2.20. The maximum absolute atomic E-state index is 12.7. The molecule has 0 unspecified atom stereocenters. The first-order valence-electron chi connectivity index (χ1n) is 7.82. The van der Waals surface area contributed by atoms with E-state index in [4.69, 9.17) is 4.52 Å². The molecular formula is C18H19N3O3S. The van der Waals surface area contributed by atoms with Crippen LogP contribution in [0.1, 0.15) is 22.5 Å². The molecule has 0 atom stereocenters. The minimum Gasteiger partial charge on any atom is -0.356 e. The van der Waals surface area contributed by atoms with Crippen molar-refractivity contribution in [2.75, 3.05) is 0 Å². The predicted molar refractivity (Wildman–Crippen MR) is 94.4 cm³/mol. The zero-order valence-corrected chi connectivity index (χ0v) is 15.1. The molecule has 7 heteroatoms. The van der Waals surface area contributed by atoms with Gasteiger partial charge in [-0.15, -0.1) is 0 Å². The molecule has 0 aliphatic carbocycles. The molecular weight excluding hydrogens is 338 g/mol. The first-order chi connectivity index (χ1) is 11.9. The molecule has 0 spiro atoms. The zero-order chi connectivity index (χ0) is 18.0. The van der Waals surface area contributed by atoms with Crippen LogP contribution in [0.2, 0.25) is 0 Å². The molecule has 0 fully saturated rings. The maximum atomic E-state index is 12.7. The summed E-state index contributed by atoms with van der Waals surface area (Å²) in [5.74, 6) is 0.582. The monoisotopic (exact) mass is 357 g/mol. The van der Waals surface area contributed by atoms with E-state index in [0.717, 1.165) is 11.3 Å². The molecule has 2 heterocycles. The Labute approximate surface area is 147 Å². The van der Waals surface area contributed by atoms with Crippen LogP contribution >= 0.6 is 0 Å². The maximum Gasteiger partial charge on any atom is 0.241 e. The van der Waals surface area contributed by atoms with Gasteiger partial charge in [0.2, 0.25) is 10.0 Å². The minimum absolute atomic E-state index is 0.132. The first kappa shape index (κ1) is 17.3. The Morgan fingerprint density at radius 2 is 1.92 bits per heavy atom. The molecule has 1 aromatic carbocycles. The number of hydrogen-bond acceptors (Lipinski definition) is 5. The third-order valence-electron chi connectivity index (χ3n) is 4.07. The SMILES string of the molecule is Cc1ccc(-c2onc(C)c2C)cc1S(=O)(=O)NCc1ccccn1. The number of nitrogens with one attached hydrogen (secondary N) is 1. The highest BCUT2D eigenvalue weighted by atomic mass is 32.2. The molecule has 0 bridgehead atoms. The fraction of sp³-hybridized carbons (Fsp3) is 0.222. The van der Waals surface area contributed by atoms with E-state index < -0.39 is 10.0 Å². The van der Waals surface area contributed by atoms with Crippen molar-refractivity contribution in [1.82, 2.24) is 14.9 Å². The summed E-state index contributed by atoms with van der Waals surface area (Å²) in [6.07, 6.45) is 1.63. The topological polar surface area (TPSA) is 85.1 Å². The van der Waals surface area contributed by atoms with Crippen LogP contribution in [0.4, 0.5) is 0 Å². The standard InChI is InChI=1S/C18H19N3O3S/c1-12-7-8-15(18-13(2)14(3)21-24-18)10-17(12)25(22,23)20-11-16-6-4-5-9-19-16/h4-10,20H,11H2,1-3H3. The summed E-state index contributed by atoms with van der Waals surface area (Å²) in [4.78, 5) is 4.34. The summed E-state index contributed by atoms with van der Waals surface area (Å²) in [5.41, 5.74) is 3.68. The van der Waals surface area contributed by atoms with E-state index in [1.165, 1.54) is 0 Å². The average molecular weight is 357 g/mol. The molecule has 3 rings (SSSR count). The molecule has 3 aromatic rings. The van der Waals surface area contributed by atoms with Gasteiger partial charge in [-0.1, -0.05) is 23.4 Å². The van der Waals surface area contributed by atoms with E-state index in [0.29, 0.717) is 22.6 Å². The van der Waals surface area contributed by atoms with E-state index in [1.54, 1.807) is 37.4 Å². The molecule has 0 saturated carbocycles. The zero-order valence-electron chi connectivity index (χ0n) is 14.3. The lowest BCUT2D eigenvalue weighted by Crippen LogP contribution is -2.24.